The lowest BCUT2D eigenvalue weighted by Gasteiger charge is -1.93. The lowest BCUT2D eigenvalue weighted by atomic mass is 10.1. The van der Waals surface area contributed by atoms with E-state index in [0.717, 1.165) is 17.7 Å². The van der Waals surface area contributed by atoms with Gasteiger partial charge in [-0.1, -0.05) is 6.92 Å². The Labute approximate surface area is 60.9 Å². The van der Waals surface area contributed by atoms with E-state index in [1.165, 1.54) is 5.56 Å². The molecule has 1 aromatic heterocycles. The van der Waals surface area contributed by atoms with Crippen molar-refractivity contribution in [2.45, 2.75) is 27.2 Å². The minimum absolute atomic E-state index is 0.314. The van der Waals surface area contributed by atoms with Crippen LogP contribution >= 0.6 is 0 Å². The zero-order valence-electron chi connectivity index (χ0n) is 6.65. The first kappa shape index (κ1) is 7.19. The van der Waals surface area contributed by atoms with E-state index < -0.39 is 0 Å². The summed E-state index contributed by atoms with van der Waals surface area (Å²) in [6, 6.07) is 0. The Morgan fingerprint density at radius 3 is 2.20 bits per heavy atom. The van der Waals surface area contributed by atoms with E-state index in [-0.39, 0.29) is 0 Å². The number of nitrogens with one attached hydrogen (secondary N) is 1. The van der Waals surface area contributed by atoms with Crippen LogP contribution in [0.1, 0.15) is 23.7 Å². The number of aromatic nitrogens is 1. The molecule has 0 unspecified atom stereocenters. The Morgan fingerprint density at radius 2 is 2.00 bits per heavy atom. The lowest BCUT2D eigenvalue weighted by molar-refractivity contribution is 0.452. The molecule has 2 N–H and O–H groups in total. The number of aromatic amines is 1. The predicted octanol–water partition coefficient (Wildman–Crippen LogP) is 1.90. The summed E-state index contributed by atoms with van der Waals surface area (Å²) < 4.78 is 0. The molecule has 2 nitrogen and oxygen atoms in total. The molecular formula is C8H13NO. The minimum atomic E-state index is 0.314. The summed E-state index contributed by atoms with van der Waals surface area (Å²) in [6.07, 6.45) is 0.981. The normalized spacial score (nSPS) is 10.3. The molecule has 0 fully saturated rings. The van der Waals surface area contributed by atoms with E-state index in [0.29, 0.717) is 5.88 Å². The molecule has 1 aromatic rings. The van der Waals surface area contributed by atoms with Crippen molar-refractivity contribution < 1.29 is 5.11 Å². The highest BCUT2D eigenvalue weighted by Crippen LogP contribution is 2.22. The molecule has 0 saturated heterocycles. The topological polar surface area (TPSA) is 36.0 Å². The van der Waals surface area contributed by atoms with Crippen LogP contribution in [-0.2, 0) is 6.42 Å². The maximum absolute atomic E-state index is 9.20. The number of aromatic hydroxyl groups is 1. The van der Waals surface area contributed by atoms with Gasteiger partial charge in [-0.25, -0.2) is 0 Å². The second-order valence-corrected chi connectivity index (χ2v) is 2.56. The first-order valence-corrected chi connectivity index (χ1v) is 3.53. The number of rotatable bonds is 1. The highest BCUT2D eigenvalue weighted by Gasteiger charge is 2.06. The average molecular weight is 139 g/mol. The highest BCUT2D eigenvalue weighted by atomic mass is 16.3. The van der Waals surface area contributed by atoms with Gasteiger partial charge in [0.25, 0.3) is 0 Å². The molecule has 0 spiro atoms. The summed E-state index contributed by atoms with van der Waals surface area (Å²) in [4.78, 5) is 2.88. The molecule has 0 radical (unpaired) electrons. The van der Waals surface area contributed by atoms with Crippen molar-refractivity contribution in [2.75, 3.05) is 0 Å². The number of H-pyrrole nitrogens is 1. The van der Waals surface area contributed by atoms with E-state index in [4.69, 9.17) is 0 Å². The van der Waals surface area contributed by atoms with Crippen molar-refractivity contribution in [3.8, 4) is 5.88 Å². The molecule has 10 heavy (non-hydrogen) atoms. The van der Waals surface area contributed by atoms with Gasteiger partial charge < -0.3 is 10.1 Å². The van der Waals surface area contributed by atoms with Crippen LogP contribution in [0.15, 0.2) is 0 Å². The molecule has 0 aromatic carbocycles. The van der Waals surface area contributed by atoms with Crippen LogP contribution in [0.3, 0.4) is 0 Å². The van der Waals surface area contributed by atoms with Crippen LogP contribution in [0.5, 0.6) is 5.88 Å². The summed E-state index contributed by atoms with van der Waals surface area (Å²) in [5.41, 5.74) is 3.30. The third kappa shape index (κ3) is 0.897. The van der Waals surface area contributed by atoms with Gasteiger partial charge in [0.15, 0.2) is 5.88 Å². The molecule has 0 saturated carbocycles. The van der Waals surface area contributed by atoms with Crippen molar-refractivity contribution in [1.29, 1.82) is 0 Å². The Balaban J connectivity index is 3.20. The number of hydrogen-bond acceptors (Lipinski definition) is 1. The summed E-state index contributed by atoms with van der Waals surface area (Å²) >= 11 is 0. The van der Waals surface area contributed by atoms with Crippen molar-refractivity contribution in [2.24, 2.45) is 0 Å². The van der Waals surface area contributed by atoms with E-state index in [1.807, 2.05) is 13.8 Å². The van der Waals surface area contributed by atoms with Crippen LogP contribution in [0.25, 0.3) is 0 Å². The maximum Gasteiger partial charge on any atom is 0.191 e. The zero-order valence-corrected chi connectivity index (χ0v) is 6.65. The van der Waals surface area contributed by atoms with E-state index in [2.05, 4.69) is 11.9 Å². The van der Waals surface area contributed by atoms with Crippen molar-refractivity contribution in [3.63, 3.8) is 0 Å². The fourth-order valence-electron chi connectivity index (χ4n) is 1.30. The Morgan fingerprint density at radius 1 is 1.40 bits per heavy atom. The molecule has 56 valence electrons. The SMILES string of the molecule is CCc1c(C)[nH]c(O)c1C. The van der Waals surface area contributed by atoms with Crippen molar-refractivity contribution in [1.82, 2.24) is 4.98 Å². The summed E-state index contributed by atoms with van der Waals surface area (Å²) in [7, 11) is 0. The third-order valence-electron chi connectivity index (χ3n) is 1.92. The molecule has 2 heteroatoms. The van der Waals surface area contributed by atoms with Crippen molar-refractivity contribution in [3.05, 3.63) is 16.8 Å². The van der Waals surface area contributed by atoms with Gasteiger partial charge in [0, 0.05) is 11.3 Å². The molecule has 0 atom stereocenters. The second kappa shape index (κ2) is 2.37. The first-order chi connectivity index (χ1) is 4.66. The Hall–Kier alpha value is -0.920. The molecular weight excluding hydrogens is 126 g/mol. The zero-order chi connectivity index (χ0) is 7.72. The summed E-state index contributed by atoms with van der Waals surface area (Å²) in [5, 5.41) is 9.20. The maximum atomic E-state index is 9.20. The van der Waals surface area contributed by atoms with Gasteiger partial charge in [-0.15, -0.1) is 0 Å². The number of hydrogen-bond donors (Lipinski definition) is 2. The van der Waals surface area contributed by atoms with Crippen LogP contribution < -0.4 is 0 Å². The number of aryl methyl sites for hydroxylation is 1. The van der Waals surface area contributed by atoms with E-state index >= 15 is 0 Å². The standard InChI is InChI=1S/C8H13NO/c1-4-7-5(2)8(10)9-6(7)3/h9-10H,4H2,1-3H3. The smallest absolute Gasteiger partial charge is 0.191 e. The second-order valence-electron chi connectivity index (χ2n) is 2.56. The van der Waals surface area contributed by atoms with Crippen molar-refractivity contribution >= 4 is 0 Å². The van der Waals surface area contributed by atoms with Gasteiger partial charge in [-0.3, -0.25) is 0 Å². The van der Waals surface area contributed by atoms with Crippen LogP contribution in [-0.4, -0.2) is 10.1 Å². The van der Waals surface area contributed by atoms with E-state index in [9.17, 15) is 5.11 Å². The third-order valence-corrected chi connectivity index (χ3v) is 1.92. The highest BCUT2D eigenvalue weighted by molar-refractivity contribution is 5.38. The monoisotopic (exact) mass is 139 g/mol. The summed E-state index contributed by atoms with van der Waals surface area (Å²) in [6.45, 7) is 5.99. The van der Waals surface area contributed by atoms with Gasteiger partial charge in [-0.2, -0.15) is 0 Å². The largest absolute Gasteiger partial charge is 0.494 e. The molecule has 0 aliphatic carbocycles. The van der Waals surface area contributed by atoms with Crippen LogP contribution in [0, 0.1) is 13.8 Å². The minimum Gasteiger partial charge on any atom is -0.494 e. The predicted molar refractivity (Wildman–Crippen MR) is 41.3 cm³/mol. The van der Waals surface area contributed by atoms with Gasteiger partial charge in [0.2, 0.25) is 0 Å². The molecule has 0 amide bonds. The molecule has 0 bridgehead atoms. The Bertz CT molecular complexity index is 238. The van der Waals surface area contributed by atoms with Gasteiger partial charge in [-0.05, 0) is 25.8 Å². The average Bonchev–Trinajstić information content (AvgIpc) is 2.09. The van der Waals surface area contributed by atoms with Crippen LogP contribution in [0.2, 0.25) is 0 Å². The first-order valence-electron chi connectivity index (χ1n) is 3.53. The quantitative estimate of drug-likeness (QED) is 0.612. The van der Waals surface area contributed by atoms with Crippen LogP contribution in [0.4, 0.5) is 0 Å². The molecule has 1 heterocycles. The van der Waals surface area contributed by atoms with Gasteiger partial charge in [0.1, 0.15) is 0 Å². The van der Waals surface area contributed by atoms with E-state index in [1.54, 1.807) is 0 Å². The fraction of sp³-hybridized carbons (Fsp3) is 0.500. The molecule has 1 rings (SSSR count). The fourth-order valence-corrected chi connectivity index (χ4v) is 1.30. The van der Waals surface area contributed by atoms with Gasteiger partial charge in [0.05, 0.1) is 0 Å². The molecule has 0 aliphatic heterocycles. The lowest BCUT2D eigenvalue weighted by Crippen LogP contribution is -1.82. The van der Waals surface area contributed by atoms with Gasteiger partial charge >= 0.3 is 0 Å². The Kier molecular flexibility index (Phi) is 1.70. The summed E-state index contributed by atoms with van der Waals surface area (Å²) in [5.74, 6) is 0.314. The molecule has 0 aliphatic rings.